The minimum Gasteiger partial charge on any atom is -0.477 e. The van der Waals surface area contributed by atoms with Crippen LogP contribution in [0.15, 0.2) is 12.1 Å². The SMILES string of the molecule is CNC1(CN2c3nc(OC[C@@]45CCCN4C[C@H](F)C5)nc4c(F)c(-c5cc(N)cc(Cl)c5C(F)(F)F)nc(c34)OCC[C@H]2C)CCC1. The summed E-state index contributed by atoms with van der Waals surface area (Å²) in [5, 5.41) is 2.88. The largest absolute Gasteiger partial charge is 0.477 e. The molecule has 3 fully saturated rings. The van der Waals surface area contributed by atoms with Crippen LogP contribution in [-0.4, -0.2) is 83.0 Å². The van der Waals surface area contributed by atoms with Crippen molar-refractivity contribution >= 4 is 34.0 Å². The lowest BCUT2D eigenvalue weighted by Gasteiger charge is -2.47. The second-order valence-corrected chi connectivity index (χ2v) is 13.8. The van der Waals surface area contributed by atoms with Gasteiger partial charge in [-0.3, -0.25) is 4.90 Å². The molecule has 3 aromatic rings. The van der Waals surface area contributed by atoms with Crippen LogP contribution in [0.2, 0.25) is 5.02 Å². The third-order valence-corrected chi connectivity index (χ3v) is 10.8. The first kappa shape index (κ1) is 32.3. The molecular weight excluding hydrogens is 645 g/mol. The number of nitrogens with zero attached hydrogens (tertiary/aromatic N) is 5. The molecule has 4 aliphatic rings. The van der Waals surface area contributed by atoms with E-state index in [0.717, 1.165) is 50.8 Å². The third kappa shape index (κ3) is 5.59. The van der Waals surface area contributed by atoms with Crippen LogP contribution in [0.25, 0.3) is 22.2 Å². The highest BCUT2D eigenvalue weighted by molar-refractivity contribution is 6.32. The number of hydrogen-bond donors (Lipinski definition) is 2. The molecule has 5 heterocycles. The lowest BCUT2D eigenvalue weighted by atomic mass is 9.76. The average Bonchev–Trinajstić information content (AvgIpc) is 3.50. The Kier molecular flexibility index (Phi) is 8.07. The van der Waals surface area contributed by atoms with Crippen molar-refractivity contribution in [2.75, 3.05) is 50.5 Å². The third-order valence-electron chi connectivity index (χ3n) is 10.5. The summed E-state index contributed by atoms with van der Waals surface area (Å²) in [7, 11) is 1.91. The molecule has 7 rings (SSSR count). The van der Waals surface area contributed by atoms with E-state index in [1.807, 2.05) is 14.0 Å². The van der Waals surface area contributed by atoms with E-state index in [0.29, 0.717) is 31.7 Å². The summed E-state index contributed by atoms with van der Waals surface area (Å²) >= 11 is 6.04. The van der Waals surface area contributed by atoms with Gasteiger partial charge in [0.15, 0.2) is 5.82 Å². The number of aromatic nitrogens is 3. The second kappa shape index (κ2) is 11.7. The number of anilines is 2. The molecule has 47 heavy (non-hydrogen) atoms. The Labute approximate surface area is 274 Å². The Morgan fingerprint density at radius 2 is 1.96 bits per heavy atom. The highest BCUT2D eigenvalue weighted by atomic mass is 35.5. The van der Waals surface area contributed by atoms with Crippen LogP contribution < -0.4 is 25.4 Å². The number of hydrogen-bond acceptors (Lipinski definition) is 9. The van der Waals surface area contributed by atoms with Crippen molar-refractivity contribution in [3.8, 4) is 23.1 Å². The maximum atomic E-state index is 16.8. The number of nitrogen functional groups attached to an aromatic ring is 1. The van der Waals surface area contributed by atoms with E-state index in [1.165, 1.54) is 0 Å². The summed E-state index contributed by atoms with van der Waals surface area (Å²) in [6.07, 6.45) is -0.559. The number of alkyl halides is 4. The van der Waals surface area contributed by atoms with Gasteiger partial charge in [0.2, 0.25) is 5.88 Å². The molecule has 1 saturated carbocycles. The zero-order chi connectivity index (χ0) is 33.3. The van der Waals surface area contributed by atoms with Gasteiger partial charge in [0, 0.05) is 48.8 Å². The number of ether oxygens (including phenoxy) is 2. The van der Waals surface area contributed by atoms with E-state index in [1.54, 1.807) is 0 Å². The van der Waals surface area contributed by atoms with Crippen molar-refractivity contribution in [2.24, 2.45) is 0 Å². The van der Waals surface area contributed by atoms with E-state index in [9.17, 15) is 17.6 Å². The van der Waals surface area contributed by atoms with Crippen molar-refractivity contribution in [2.45, 2.75) is 81.3 Å². The van der Waals surface area contributed by atoms with Crippen LogP contribution in [-0.2, 0) is 6.18 Å². The number of fused-ring (bicyclic) bond motifs is 1. The Balaban J connectivity index is 1.43. The van der Waals surface area contributed by atoms with Gasteiger partial charge in [0.05, 0.1) is 22.7 Å². The van der Waals surface area contributed by atoms with Gasteiger partial charge in [-0.1, -0.05) is 11.6 Å². The van der Waals surface area contributed by atoms with Crippen molar-refractivity contribution in [3.63, 3.8) is 0 Å². The summed E-state index contributed by atoms with van der Waals surface area (Å²) < 4.78 is 86.6. The topological polar surface area (TPSA) is 102 Å². The van der Waals surface area contributed by atoms with Crippen LogP contribution in [0, 0.1) is 5.82 Å². The number of halogens is 6. The van der Waals surface area contributed by atoms with Crippen LogP contribution >= 0.6 is 11.6 Å². The molecule has 0 unspecified atom stereocenters. The van der Waals surface area contributed by atoms with Gasteiger partial charge >= 0.3 is 12.2 Å². The number of pyridine rings is 1. The molecule has 0 spiro atoms. The highest BCUT2D eigenvalue weighted by Crippen LogP contribution is 2.47. The minimum atomic E-state index is -4.95. The number of benzene rings is 1. The zero-order valence-electron chi connectivity index (χ0n) is 26.2. The van der Waals surface area contributed by atoms with Gasteiger partial charge < -0.3 is 25.4 Å². The molecule has 3 aliphatic heterocycles. The summed E-state index contributed by atoms with van der Waals surface area (Å²) in [6.45, 7) is 3.87. The lowest BCUT2D eigenvalue weighted by Crippen LogP contribution is -2.58. The van der Waals surface area contributed by atoms with Crippen LogP contribution in [0.5, 0.6) is 11.9 Å². The maximum Gasteiger partial charge on any atom is 0.418 e. The summed E-state index contributed by atoms with van der Waals surface area (Å²) in [5.41, 5.74) is 2.18. The fourth-order valence-electron chi connectivity index (χ4n) is 7.75. The number of nitrogens with one attached hydrogen (secondary N) is 1. The lowest BCUT2D eigenvalue weighted by molar-refractivity contribution is -0.137. The molecule has 3 atom stereocenters. The molecule has 0 radical (unpaired) electrons. The number of likely N-dealkylation sites (N-methyl/N-ethyl adjacent to an activating group) is 1. The Morgan fingerprint density at radius 1 is 1.17 bits per heavy atom. The molecule has 3 N–H and O–H groups in total. The predicted molar refractivity (Wildman–Crippen MR) is 168 cm³/mol. The van der Waals surface area contributed by atoms with Crippen molar-refractivity contribution in [3.05, 3.63) is 28.5 Å². The molecule has 254 valence electrons. The summed E-state index contributed by atoms with van der Waals surface area (Å²) in [5.74, 6) is -0.923. The van der Waals surface area contributed by atoms with Crippen LogP contribution in [0.3, 0.4) is 0 Å². The van der Waals surface area contributed by atoms with E-state index in [-0.39, 0.29) is 53.3 Å². The van der Waals surface area contributed by atoms with Crippen LogP contribution in [0.4, 0.5) is 33.5 Å². The second-order valence-electron chi connectivity index (χ2n) is 13.4. The highest BCUT2D eigenvalue weighted by Gasteiger charge is 2.49. The fraction of sp³-hybridized carbons (Fsp3) is 0.594. The molecule has 1 aromatic carbocycles. The van der Waals surface area contributed by atoms with Gasteiger partial charge in [-0.25, -0.2) is 13.8 Å². The Bertz CT molecular complexity index is 1700. The van der Waals surface area contributed by atoms with Gasteiger partial charge in [-0.15, -0.1) is 0 Å². The first-order valence-electron chi connectivity index (χ1n) is 16.0. The van der Waals surface area contributed by atoms with Gasteiger partial charge in [-0.2, -0.15) is 23.1 Å². The fourth-order valence-corrected chi connectivity index (χ4v) is 8.08. The molecule has 1 aliphatic carbocycles. The van der Waals surface area contributed by atoms with E-state index < -0.39 is 45.5 Å². The average molecular weight is 682 g/mol. The van der Waals surface area contributed by atoms with E-state index in [2.05, 4.69) is 25.1 Å². The predicted octanol–water partition coefficient (Wildman–Crippen LogP) is 6.16. The normalized spacial score (nSPS) is 25.7. The number of nitrogens with two attached hydrogens (primary N) is 1. The number of rotatable bonds is 7. The first-order valence-corrected chi connectivity index (χ1v) is 16.4. The maximum absolute atomic E-state index is 16.8. The van der Waals surface area contributed by atoms with Crippen molar-refractivity contribution in [1.29, 1.82) is 0 Å². The van der Waals surface area contributed by atoms with Crippen molar-refractivity contribution < 1.29 is 31.4 Å². The summed E-state index contributed by atoms with van der Waals surface area (Å²) in [6, 6.07) is 1.68. The monoisotopic (exact) mass is 681 g/mol. The zero-order valence-corrected chi connectivity index (χ0v) is 26.9. The minimum absolute atomic E-state index is 0.0837. The molecule has 0 bridgehead atoms. The molecule has 9 nitrogen and oxygen atoms in total. The van der Waals surface area contributed by atoms with Gasteiger partial charge in [0.25, 0.3) is 0 Å². The molecule has 15 heteroatoms. The summed E-state index contributed by atoms with van der Waals surface area (Å²) in [4.78, 5) is 17.7. The van der Waals surface area contributed by atoms with Crippen molar-refractivity contribution in [1.82, 2.24) is 25.2 Å². The smallest absolute Gasteiger partial charge is 0.418 e. The molecule has 0 amide bonds. The molecule has 2 saturated heterocycles. The van der Waals surface area contributed by atoms with Gasteiger partial charge in [0.1, 0.15) is 35.2 Å². The van der Waals surface area contributed by atoms with Gasteiger partial charge in [-0.05, 0) is 64.8 Å². The molecule has 2 aromatic heterocycles. The Hall–Kier alpha value is -3.23. The van der Waals surface area contributed by atoms with E-state index >= 15 is 4.39 Å². The quantitative estimate of drug-likeness (QED) is 0.224. The van der Waals surface area contributed by atoms with Crippen LogP contribution in [0.1, 0.15) is 57.4 Å². The van der Waals surface area contributed by atoms with E-state index in [4.69, 9.17) is 31.8 Å². The standard InChI is InChI=1S/C32H37ClF5N7O2/c1-17-5-10-46-28-22-26(24(35)25(41-28)20-11-19(39)12-21(33)23(20)32(36,37)38)42-29(43-27(22)45(17)15-30(40-2)6-3-7-30)47-16-31-8-4-9-44(31)14-18(34)13-31/h11-12,17-18,40H,3-10,13-16,39H2,1-2H3/t17-,18-,31+/m1/s1. The Morgan fingerprint density at radius 3 is 2.66 bits per heavy atom. The first-order chi connectivity index (χ1) is 22.3. The molecular formula is C32H37ClF5N7O2.